The molecule has 0 saturated heterocycles. The van der Waals surface area contributed by atoms with E-state index in [4.69, 9.17) is 0 Å². The molecule has 1 amide bonds. The molecule has 1 aliphatic carbocycles. The largest absolute Gasteiger partial charge is 0.352 e. The molecular weight excluding hydrogens is 358 g/mol. The van der Waals surface area contributed by atoms with Crippen molar-refractivity contribution in [3.05, 3.63) is 63.0 Å². The van der Waals surface area contributed by atoms with Gasteiger partial charge in [0.2, 0.25) is 5.91 Å². The van der Waals surface area contributed by atoms with Crippen LogP contribution >= 0.6 is 11.3 Å². The number of aromatic nitrogens is 2. The number of amides is 1. The van der Waals surface area contributed by atoms with Gasteiger partial charge in [0.1, 0.15) is 11.4 Å². The maximum absolute atomic E-state index is 12.8. The van der Waals surface area contributed by atoms with Gasteiger partial charge in [-0.3, -0.25) is 14.2 Å². The van der Waals surface area contributed by atoms with E-state index in [1.54, 1.807) is 11.3 Å². The average Bonchev–Trinajstić information content (AvgIpc) is 3.24. The number of nitrogens with zero attached hydrogens (tertiary/aromatic N) is 2. The fourth-order valence-corrected chi connectivity index (χ4v) is 4.93. The standard InChI is InChI=1S/C21H23N3O2S/c1-14(10-11-15-6-3-2-4-7-15)23-18(25)12-24-13-22-20-19(21(24)26)16-8-5-9-17(16)27-20/h2-4,6-7,13-14H,5,8-12H2,1H3,(H,23,25)/t14-/m1/s1. The third-order valence-corrected chi connectivity index (χ3v) is 6.32. The van der Waals surface area contributed by atoms with Gasteiger partial charge in [0.25, 0.3) is 5.56 Å². The van der Waals surface area contributed by atoms with Crippen molar-refractivity contribution >= 4 is 27.5 Å². The zero-order valence-corrected chi connectivity index (χ0v) is 16.2. The van der Waals surface area contributed by atoms with E-state index in [1.807, 2.05) is 25.1 Å². The number of hydrogen-bond donors (Lipinski definition) is 1. The highest BCUT2D eigenvalue weighted by Gasteiger charge is 2.21. The number of benzene rings is 1. The van der Waals surface area contributed by atoms with Gasteiger partial charge < -0.3 is 5.32 Å². The molecule has 0 fully saturated rings. The zero-order valence-electron chi connectivity index (χ0n) is 15.4. The van der Waals surface area contributed by atoms with Crippen molar-refractivity contribution < 1.29 is 4.79 Å². The smallest absolute Gasteiger partial charge is 0.262 e. The highest BCUT2D eigenvalue weighted by molar-refractivity contribution is 7.18. The predicted molar refractivity (Wildman–Crippen MR) is 108 cm³/mol. The van der Waals surface area contributed by atoms with Gasteiger partial charge in [-0.2, -0.15) is 0 Å². The molecule has 27 heavy (non-hydrogen) atoms. The van der Waals surface area contributed by atoms with E-state index < -0.39 is 0 Å². The minimum absolute atomic E-state index is 0.0159. The van der Waals surface area contributed by atoms with Crippen LogP contribution in [0.1, 0.15) is 35.8 Å². The predicted octanol–water partition coefficient (Wildman–Crippen LogP) is 3.08. The van der Waals surface area contributed by atoms with Crippen LogP contribution in [-0.4, -0.2) is 21.5 Å². The molecule has 2 aromatic heterocycles. The number of carbonyl (C=O) groups excluding carboxylic acids is 1. The van der Waals surface area contributed by atoms with Gasteiger partial charge in [-0.05, 0) is 50.2 Å². The summed E-state index contributed by atoms with van der Waals surface area (Å²) in [6.07, 6.45) is 6.36. The molecule has 0 spiro atoms. The quantitative estimate of drug-likeness (QED) is 0.714. The molecule has 2 heterocycles. The fourth-order valence-electron chi connectivity index (χ4n) is 3.71. The van der Waals surface area contributed by atoms with Crippen LogP contribution in [-0.2, 0) is 30.6 Å². The first-order valence-electron chi connectivity index (χ1n) is 9.45. The van der Waals surface area contributed by atoms with Crippen molar-refractivity contribution in [3.8, 4) is 0 Å². The molecule has 6 heteroatoms. The summed E-state index contributed by atoms with van der Waals surface area (Å²) in [5.41, 5.74) is 2.32. The van der Waals surface area contributed by atoms with E-state index in [1.165, 1.54) is 21.3 Å². The summed E-state index contributed by atoms with van der Waals surface area (Å²) in [5, 5.41) is 3.72. The Bertz CT molecular complexity index is 1020. The van der Waals surface area contributed by atoms with Crippen molar-refractivity contribution in [3.63, 3.8) is 0 Å². The molecule has 5 nitrogen and oxygen atoms in total. The van der Waals surface area contributed by atoms with E-state index >= 15 is 0 Å². The maximum atomic E-state index is 12.8. The summed E-state index contributed by atoms with van der Waals surface area (Å²) in [5.74, 6) is -0.148. The Labute approximate surface area is 162 Å². The lowest BCUT2D eigenvalue weighted by Gasteiger charge is -2.14. The molecule has 0 bridgehead atoms. The number of aryl methyl sites for hydroxylation is 3. The third-order valence-electron chi connectivity index (χ3n) is 5.12. The Balaban J connectivity index is 1.40. The highest BCUT2D eigenvalue weighted by Crippen LogP contribution is 2.34. The lowest BCUT2D eigenvalue weighted by molar-refractivity contribution is -0.122. The molecule has 1 aromatic carbocycles. The van der Waals surface area contributed by atoms with Crippen molar-refractivity contribution in [1.82, 2.24) is 14.9 Å². The monoisotopic (exact) mass is 381 g/mol. The van der Waals surface area contributed by atoms with E-state index in [2.05, 4.69) is 22.4 Å². The van der Waals surface area contributed by atoms with Crippen molar-refractivity contribution in [2.24, 2.45) is 0 Å². The molecule has 4 rings (SSSR count). The molecule has 1 N–H and O–H groups in total. The second-order valence-corrected chi connectivity index (χ2v) is 8.29. The lowest BCUT2D eigenvalue weighted by Crippen LogP contribution is -2.37. The Kier molecular flexibility index (Phi) is 5.07. The molecule has 3 aromatic rings. The molecule has 0 radical (unpaired) electrons. The number of carbonyl (C=O) groups is 1. The van der Waals surface area contributed by atoms with E-state index in [0.717, 1.165) is 47.9 Å². The molecule has 0 unspecified atom stereocenters. The minimum atomic E-state index is -0.148. The van der Waals surface area contributed by atoms with E-state index in [0.29, 0.717) is 0 Å². The Morgan fingerprint density at radius 3 is 2.93 bits per heavy atom. The minimum Gasteiger partial charge on any atom is -0.352 e. The van der Waals surface area contributed by atoms with Gasteiger partial charge in [-0.25, -0.2) is 4.98 Å². The van der Waals surface area contributed by atoms with Crippen molar-refractivity contribution in [2.75, 3.05) is 0 Å². The van der Waals surface area contributed by atoms with Crippen LogP contribution in [0, 0.1) is 0 Å². The number of fused-ring (bicyclic) bond motifs is 3. The molecule has 0 saturated carbocycles. The summed E-state index contributed by atoms with van der Waals surface area (Å²) < 4.78 is 1.44. The molecule has 0 aliphatic heterocycles. The number of nitrogens with one attached hydrogen (secondary N) is 1. The third kappa shape index (κ3) is 3.81. The van der Waals surface area contributed by atoms with Gasteiger partial charge in [0, 0.05) is 10.9 Å². The van der Waals surface area contributed by atoms with Crippen molar-refractivity contribution in [2.45, 2.75) is 51.6 Å². The maximum Gasteiger partial charge on any atom is 0.262 e. The zero-order chi connectivity index (χ0) is 18.8. The van der Waals surface area contributed by atoms with Crippen LogP contribution < -0.4 is 10.9 Å². The molecule has 140 valence electrons. The SMILES string of the molecule is C[C@H](CCc1ccccc1)NC(=O)Cn1cnc2sc3c(c2c1=O)CCC3. The molecular formula is C21H23N3O2S. The first-order chi connectivity index (χ1) is 13.1. The van der Waals surface area contributed by atoms with Crippen LogP contribution in [0.3, 0.4) is 0 Å². The lowest BCUT2D eigenvalue weighted by atomic mass is 10.1. The summed E-state index contributed by atoms with van der Waals surface area (Å²) in [4.78, 5) is 31.7. The molecule has 1 atom stereocenters. The highest BCUT2D eigenvalue weighted by atomic mass is 32.1. The fraction of sp³-hybridized carbons (Fsp3) is 0.381. The molecule has 1 aliphatic rings. The Morgan fingerprint density at radius 1 is 1.30 bits per heavy atom. The summed E-state index contributed by atoms with van der Waals surface area (Å²) in [6, 6.07) is 10.3. The van der Waals surface area contributed by atoms with Gasteiger partial charge in [0.05, 0.1) is 11.7 Å². The van der Waals surface area contributed by atoms with E-state index in [-0.39, 0.29) is 24.1 Å². The topological polar surface area (TPSA) is 64.0 Å². The second-order valence-electron chi connectivity index (χ2n) is 7.21. The summed E-state index contributed by atoms with van der Waals surface area (Å²) in [6.45, 7) is 2.01. The van der Waals surface area contributed by atoms with Gasteiger partial charge >= 0.3 is 0 Å². The number of hydrogen-bond acceptors (Lipinski definition) is 4. The van der Waals surface area contributed by atoms with Crippen LogP contribution in [0.4, 0.5) is 0 Å². The number of rotatable bonds is 6. The van der Waals surface area contributed by atoms with Crippen LogP contribution in [0.5, 0.6) is 0 Å². The Hall–Kier alpha value is -2.47. The normalized spacial score (nSPS) is 14.3. The summed E-state index contributed by atoms with van der Waals surface area (Å²) in [7, 11) is 0. The van der Waals surface area contributed by atoms with Gasteiger partial charge in [0.15, 0.2) is 0 Å². The van der Waals surface area contributed by atoms with Gasteiger partial charge in [-0.15, -0.1) is 11.3 Å². The number of thiophene rings is 1. The van der Waals surface area contributed by atoms with Gasteiger partial charge in [-0.1, -0.05) is 30.3 Å². The van der Waals surface area contributed by atoms with E-state index in [9.17, 15) is 9.59 Å². The van der Waals surface area contributed by atoms with Crippen molar-refractivity contribution in [1.29, 1.82) is 0 Å². The summed E-state index contributed by atoms with van der Waals surface area (Å²) >= 11 is 1.62. The van der Waals surface area contributed by atoms with Crippen LogP contribution in [0.25, 0.3) is 10.2 Å². The van der Waals surface area contributed by atoms with Crippen LogP contribution in [0.15, 0.2) is 41.5 Å². The Morgan fingerprint density at radius 2 is 2.11 bits per heavy atom. The van der Waals surface area contributed by atoms with Crippen LogP contribution in [0.2, 0.25) is 0 Å². The first kappa shape index (κ1) is 17.9. The second kappa shape index (κ2) is 7.64. The average molecular weight is 382 g/mol. The first-order valence-corrected chi connectivity index (χ1v) is 10.3.